The molecule has 0 aromatic carbocycles. The number of piperidine rings is 1. The lowest BCUT2D eigenvalue weighted by atomic mass is 10.1. The van der Waals surface area contributed by atoms with Crippen molar-refractivity contribution in [3.8, 4) is 0 Å². The Kier molecular flexibility index (Phi) is 4.22. The van der Waals surface area contributed by atoms with Crippen LogP contribution in [0.25, 0.3) is 0 Å². The number of rotatable bonds is 2. The van der Waals surface area contributed by atoms with Crippen LogP contribution in [0.2, 0.25) is 0 Å². The van der Waals surface area contributed by atoms with E-state index in [4.69, 9.17) is 12.2 Å². The molecule has 1 aliphatic rings. The third-order valence-corrected chi connectivity index (χ3v) is 2.58. The van der Waals surface area contributed by atoms with Gasteiger partial charge in [-0.15, -0.1) is 0 Å². The van der Waals surface area contributed by atoms with Crippen molar-refractivity contribution in [1.82, 2.24) is 9.80 Å². The van der Waals surface area contributed by atoms with E-state index in [1.807, 2.05) is 31.3 Å². The summed E-state index contributed by atoms with van der Waals surface area (Å²) in [5.74, 6) is 0. The zero-order valence-corrected chi connectivity index (χ0v) is 9.31. The highest BCUT2D eigenvalue weighted by Crippen LogP contribution is 2.09. The first-order valence-corrected chi connectivity index (χ1v) is 5.24. The molecule has 74 valence electrons. The van der Waals surface area contributed by atoms with Crippen LogP contribution in [0.5, 0.6) is 0 Å². The van der Waals surface area contributed by atoms with Gasteiger partial charge >= 0.3 is 0 Å². The molecule has 1 saturated heterocycles. The van der Waals surface area contributed by atoms with Crippen LogP contribution in [0.15, 0.2) is 12.3 Å². The highest BCUT2D eigenvalue weighted by atomic mass is 32.1. The summed E-state index contributed by atoms with van der Waals surface area (Å²) in [4.78, 5) is 5.28. The van der Waals surface area contributed by atoms with Crippen molar-refractivity contribution in [2.45, 2.75) is 19.3 Å². The molecule has 0 N–H and O–H groups in total. The summed E-state index contributed by atoms with van der Waals surface area (Å²) >= 11 is 5.30. The van der Waals surface area contributed by atoms with E-state index < -0.39 is 0 Å². The maximum absolute atomic E-state index is 5.30. The van der Waals surface area contributed by atoms with E-state index in [1.54, 1.807) is 0 Å². The van der Waals surface area contributed by atoms with Crippen LogP contribution >= 0.6 is 12.2 Å². The molecule has 0 amide bonds. The van der Waals surface area contributed by atoms with Gasteiger partial charge in [0.25, 0.3) is 0 Å². The van der Waals surface area contributed by atoms with E-state index >= 15 is 0 Å². The Bertz CT molecular complexity index is 193. The van der Waals surface area contributed by atoms with Crippen LogP contribution in [-0.2, 0) is 0 Å². The molecule has 13 heavy (non-hydrogen) atoms. The Labute approximate surface area is 86.2 Å². The minimum absolute atomic E-state index is 0.980. The highest BCUT2D eigenvalue weighted by Gasteiger charge is 2.10. The summed E-state index contributed by atoms with van der Waals surface area (Å²) in [5.41, 5.74) is 0. The molecule has 0 bridgehead atoms. The van der Waals surface area contributed by atoms with E-state index in [1.165, 1.54) is 19.3 Å². The van der Waals surface area contributed by atoms with Gasteiger partial charge in [0.1, 0.15) is 4.99 Å². The van der Waals surface area contributed by atoms with Gasteiger partial charge in [-0.05, 0) is 25.3 Å². The lowest BCUT2D eigenvalue weighted by Gasteiger charge is -2.27. The topological polar surface area (TPSA) is 6.48 Å². The van der Waals surface area contributed by atoms with Crippen LogP contribution in [0, 0.1) is 0 Å². The van der Waals surface area contributed by atoms with Crippen molar-refractivity contribution in [2.75, 3.05) is 27.2 Å². The van der Waals surface area contributed by atoms with Crippen LogP contribution in [-0.4, -0.2) is 42.0 Å². The molecule has 0 atom stereocenters. The van der Waals surface area contributed by atoms with Gasteiger partial charge in [0.15, 0.2) is 0 Å². The summed E-state index contributed by atoms with van der Waals surface area (Å²) in [6, 6.07) is 0. The highest BCUT2D eigenvalue weighted by molar-refractivity contribution is 7.80. The Morgan fingerprint density at radius 1 is 1.23 bits per heavy atom. The Balaban J connectivity index is 2.37. The van der Waals surface area contributed by atoms with Gasteiger partial charge in [-0.2, -0.15) is 0 Å². The zero-order chi connectivity index (χ0) is 9.68. The third-order valence-electron chi connectivity index (χ3n) is 2.18. The molecule has 0 aliphatic carbocycles. The van der Waals surface area contributed by atoms with Crippen molar-refractivity contribution in [3.05, 3.63) is 12.3 Å². The Morgan fingerprint density at radius 3 is 2.38 bits per heavy atom. The summed E-state index contributed by atoms with van der Waals surface area (Å²) in [5, 5.41) is 0. The van der Waals surface area contributed by atoms with E-state index in [0.29, 0.717) is 0 Å². The summed E-state index contributed by atoms with van der Waals surface area (Å²) in [6.07, 6.45) is 7.96. The van der Waals surface area contributed by atoms with Crippen molar-refractivity contribution >= 4 is 17.2 Å². The van der Waals surface area contributed by atoms with E-state index in [-0.39, 0.29) is 0 Å². The molecular weight excluding hydrogens is 180 g/mol. The van der Waals surface area contributed by atoms with Crippen molar-refractivity contribution in [1.29, 1.82) is 0 Å². The minimum Gasteiger partial charge on any atom is -0.383 e. The van der Waals surface area contributed by atoms with Gasteiger partial charge in [-0.25, -0.2) is 0 Å². The molecule has 0 saturated carbocycles. The van der Waals surface area contributed by atoms with Crippen LogP contribution in [0.1, 0.15) is 19.3 Å². The van der Waals surface area contributed by atoms with Gasteiger partial charge in [0, 0.05) is 33.4 Å². The maximum atomic E-state index is 5.30. The zero-order valence-electron chi connectivity index (χ0n) is 8.49. The molecule has 0 aromatic rings. The van der Waals surface area contributed by atoms with Crippen LogP contribution in [0.4, 0.5) is 0 Å². The number of hydrogen-bond acceptors (Lipinski definition) is 2. The quantitative estimate of drug-likeness (QED) is 0.494. The molecule has 0 aromatic heterocycles. The summed E-state index contributed by atoms with van der Waals surface area (Å²) in [6.45, 7) is 2.27. The van der Waals surface area contributed by atoms with Crippen LogP contribution in [0.3, 0.4) is 0 Å². The van der Waals surface area contributed by atoms with Crippen molar-refractivity contribution in [2.24, 2.45) is 0 Å². The molecule has 1 fully saturated rings. The fraction of sp³-hybridized carbons (Fsp3) is 0.700. The molecule has 1 rings (SSSR count). The third kappa shape index (κ3) is 3.77. The van der Waals surface area contributed by atoms with Crippen molar-refractivity contribution < 1.29 is 0 Å². The van der Waals surface area contributed by atoms with Gasteiger partial charge in [-0.3, -0.25) is 0 Å². The van der Waals surface area contributed by atoms with E-state index in [0.717, 1.165) is 18.1 Å². The SMILES string of the molecule is CN(C)C=CC(=S)N1CCCCC1. The standard InChI is InChI=1S/C10H18N2S/c1-11(2)9-6-10(13)12-7-4-3-5-8-12/h6,9H,3-5,7-8H2,1-2H3. The molecule has 0 radical (unpaired) electrons. The van der Waals surface area contributed by atoms with E-state index in [2.05, 4.69) is 4.90 Å². The predicted octanol–water partition coefficient (Wildman–Crippen LogP) is 1.88. The van der Waals surface area contributed by atoms with E-state index in [9.17, 15) is 0 Å². The molecular formula is C10H18N2S. The lowest BCUT2D eigenvalue weighted by molar-refractivity contribution is 0.348. The molecule has 1 aliphatic heterocycles. The minimum atomic E-state index is 0.980. The van der Waals surface area contributed by atoms with Crippen molar-refractivity contribution in [3.63, 3.8) is 0 Å². The first kappa shape index (κ1) is 10.5. The second kappa shape index (κ2) is 5.22. The van der Waals surface area contributed by atoms with Crippen LogP contribution < -0.4 is 0 Å². The second-order valence-corrected chi connectivity index (χ2v) is 4.08. The van der Waals surface area contributed by atoms with Gasteiger partial charge in [0.2, 0.25) is 0 Å². The van der Waals surface area contributed by atoms with Gasteiger partial charge < -0.3 is 9.80 Å². The average Bonchev–Trinajstić information content (AvgIpc) is 2.15. The first-order chi connectivity index (χ1) is 6.20. The summed E-state index contributed by atoms with van der Waals surface area (Å²) in [7, 11) is 4.02. The number of likely N-dealkylation sites (tertiary alicyclic amines) is 1. The fourth-order valence-electron chi connectivity index (χ4n) is 1.43. The lowest BCUT2D eigenvalue weighted by Crippen LogP contribution is -2.33. The monoisotopic (exact) mass is 198 g/mol. The largest absolute Gasteiger partial charge is 0.383 e. The molecule has 3 heteroatoms. The molecule has 0 unspecified atom stereocenters. The van der Waals surface area contributed by atoms with Gasteiger partial charge in [-0.1, -0.05) is 12.2 Å². The molecule has 0 spiro atoms. The normalized spacial score (nSPS) is 17.8. The fourth-order valence-corrected chi connectivity index (χ4v) is 1.68. The number of nitrogens with zero attached hydrogens (tertiary/aromatic N) is 2. The maximum Gasteiger partial charge on any atom is 0.103 e. The second-order valence-electron chi connectivity index (χ2n) is 3.67. The molecule has 2 nitrogen and oxygen atoms in total. The molecule has 1 heterocycles. The summed E-state index contributed by atoms with van der Waals surface area (Å²) < 4.78 is 0. The Morgan fingerprint density at radius 2 is 1.85 bits per heavy atom. The predicted molar refractivity (Wildman–Crippen MR) is 60.8 cm³/mol. The first-order valence-electron chi connectivity index (χ1n) is 4.83. The number of thiocarbonyl (C=S) groups is 1. The van der Waals surface area contributed by atoms with Gasteiger partial charge in [0.05, 0.1) is 0 Å². The average molecular weight is 198 g/mol. The number of hydrogen-bond donors (Lipinski definition) is 0. The smallest absolute Gasteiger partial charge is 0.103 e. The Hall–Kier alpha value is -0.570.